The molecule has 0 spiro atoms. The van der Waals surface area contributed by atoms with E-state index in [2.05, 4.69) is 4.74 Å². The van der Waals surface area contributed by atoms with Gasteiger partial charge in [0.2, 0.25) is 0 Å². The fraction of sp³-hybridized carbons (Fsp3) is 0.111. The van der Waals surface area contributed by atoms with Gasteiger partial charge in [-0.05, 0) is 18.2 Å². The molecule has 0 saturated heterocycles. The molecule has 74 valence electrons. The van der Waals surface area contributed by atoms with Crippen molar-refractivity contribution in [1.82, 2.24) is 0 Å². The average molecular weight is 195 g/mol. The molecule has 0 aliphatic rings. The summed E-state index contributed by atoms with van der Waals surface area (Å²) in [5.74, 6) is -1.72. The lowest BCUT2D eigenvalue weighted by Gasteiger charge is -2.01. The van der Waals surface area contributed by atoms with E-state index in [1.54, 1.807) is 0 Å². The molecule has 0 bridgehead atoms. The average Bonchev–Trinajstić information content (AvgIpc) is 2.18. The monoisotopic (exact) mass is 195 g/mol. The van der Waals surface area contributed by atoms with Crippen molar-refractivity contribution in [3.8, 4) is 0 Å². The number of carboxylic acids is 1. The number of hydrogen-bond acceptors (Lipinski definition) is 4. The van der Waals surface area contributed by atoms with Gasteiger partial charge >= 0.3 is 11.9 Å². The second-order valence-corrected chi connectivity index (χ2v) is 2.48. The zero-order valence-electron chi connectivity index (χ0n) is 7.27. The maximum Gasteiger partial charge on any atom is 0.339 e. The Hall–Kier alpha value is -1.88. The van der Waals surface area contributed by atoms with E-state index in [4.69, 9.17) is 10.8 Å². The lowest BCUT2D eigenvalue weighted by Crippen LogP contribution is -2.12. The Morgan fingerprint density at radius 2 is 2.00 bits per heavy atom. The van der Waals surface area contributed by atoms with E-state index in [-0.39, 0.29) is 17.9 Å². The third-order valence-electron chi connectivity index (χ3n) is 1.56. The third-order valence-corrected chi connectivity index (χ3v) is 1.56. The molecule has 1 aromatic rings. The van der Waals surface area contributed by atoms with Gasteiger partial charge in [0.1, 0.15) is 6.73 Å². The van der Waals surface area contributed by atoms with Gasteiger partial charge in [-0.15, -0.1) is 0 Å². The van der Waals surface area contributed by atoms with Crippen LogP contribution in [-0.2, 0) is 4.74 Å². The zero-order valence-corrected chi connectivity index (χ0v) is 7.27. The first kappa shape index (κ1) is 10.2. The number of carbonyl (C=O) groups excluding carboxylic acids is 1. The predicted molar refractivity (Wildman–Crippen MR) is 47.9 cm³/mol. The molecule has 0 heterocycles. The topological polar surface area (TPSA) is 89.6 Å². The van der Waals surface area contributed by atoms with E-state index in [1.165, 1.54) is 24.3 Å². The Balaban J connectivity index is 2.93. The Bertz CT molecular complexity index is 362. The van der Waals surface area contributed by atoms with Crippen LogP contribution in [0.4, 0.5) is 0 Å². The fourth-order valence-corrected chi connectivity index (χ4v) is 0.938. The molecule has 5 heteroatoms. The van der Waals surface area contributed by atoms with Crippen molar-refractivity contribution in [2.45, 2.75) is 0 Å². The molecule has 1 rings (SSSR count). The number of carbonyl (C=O) groups is 2. The molecule has 1 aromatic carbocycles. The summed E-state index contributed by atoms with van der Waals surface area (Å²) in [6, 6.07) is 5.56. The van der Waals surface area contributed by atoms with Crippen LogP contribution in [0.3, 0.4) is 0 Å². The molecule has 0 unspecified atom stereocenters. The molecular weight excluding hydrogens is 186 g/mol. The summed E-state index contributed by atoms with van der Waals surface area (Å²) in [7, 11) is 0. The number of ether oxygens (including phenoxy) is 1. The standard InChI is InChI=1S/C9H9NO4/c10-5-14-9(13)7-3-1-2-6(4-7)8(11)12/h1-4H,5,10H2,(H,11,12). The predicted octanol–water partition coefficient (Wildman–Crippen LogP) is 0.458. The first-order valence-electron chi connectivity index (χ1n) is 3.85. The fourth-order valence-electron chi connectivity index (χ4n) is 0.938. The van der Waals surface area contributed by atoms with Gasteiger partial charge in [0.25, 0.3) is 0 Å². The lowest BCUT2D eigenvalue weighted by atomic mass is 10.1. The van der Waals surface area contributed by atoms with E-state index >= 15 is 0 Å². The van der Waals surface area contributed by atoms with Crippen molar-refractivity contribution in [3.05, 3.63) is 35.4 Å². The van der Waals surface area contributed by atoms with Crippen molar-refractivity contribution in [3.63, 3.8) is 0 Å². The highest BCUT2D eigenvalue weighted by Gasteiger charge is 2.09. The van der Waals surface area contributed by atoms with Gasteiger partial charge in [-0.1, -0.05) is 6.07 Å². The van der Waals surface area contributed by atoms with Crippen LogP contribution < -0.4 is 5.73 Å². The van der Waals surface area contributed by atoms with Crippen LogP contribution in [0.2, 0.25) is 0 Å². The Morgan fingerprint density at radius 3 is 2.57 bits per heavy atom. The number of rotatable bonds is 3. The summed E-state index contributed by atoms with van der Waals surface area (Å²) in [4.78, 5) is 21.7. The maximum absolute atomic E-state index is 11.1. The molecule has 5 nitrogen and oxygen atoms in total. The minimum Gasteiger partial charge on any atom is -0.478 e. The van der Waals surface area contributed by atoms with Crippen LogP contribution >= 0.6 is 0 Å². The normalized spacial score (nSPS) is 9.50. The SMILES string of the molecule is NCOC(=O)c1cccc(C(=O)O)c1. The summed E-state index contributed by atoms with van der Waals surface area (Å²) in [6.07, 6.45) is 0. The van der Waals surface area contributed by atoms with Crippen molar-refractivity contribution in [2.24, 2.45) is 5.73 Å². The maximum atomic E-state index is 11.1. The smallest absolute Gasteiger partial charge is 0.339 e. The second kappa shape index (κ2) is 4.38. The quantitative estimate of drug-likeness (QED) is 0.540. The number of hydrogen-bond donors (Lipinski definition) is 2. The Morgan fingerprint density at radius 1 is 1.36 bits per heavy atom. The minimum atomic E-state index is -1.09. The number of benzene rings is 1. The van der Waals surface area contributed by atoms with Crippen molar-refractivity contribution in [1.29, 1.82) is 0 Å². The molecule has 0 aliphatic heterocycles. The van der Waals surface area contributed by atoms with Crippen molar-refractivity contribution >= 4 is 11.9 Å². The number of esters is 1. The van der Waals surface area contributed by atoms with Gasteiger partial charge in [-0.2, -0.15) is 0 Å². The van der Waals surface area contributed by atoms with Crippen LogP contribution in [0.5, 0.6) is 0 Å². The number of nitrogens with two attached hydrogens (primary N) is 1. The van der Waals surface area contributed by atoms with E-state index in [1.807, 2.05) is 0 Å². The lowest BCUT2D eigenvalue weighted by molar-refractivity contribution is 0.0515. The molecule has 0 fully saturated rings. The molecule has 0 amide bonds. The minimum absolute atomic E-state index is 0.0384. The van der Waals surface area contributed by atoms with E-state index in [0.29, 0.717) is 0 Å². The largest absolute Gasteiger partial charge is 0.478 e. The van der Waals surface area contributed by atoms with Gasteiger partial charge in [0.15, 0.2) is 0 Å². The van der Waals surface area contributed by atoms with Crippen molar-refractivity contribution < 1.29 is 19.4 Å². The van der Waals surface area contributed by atoms with E-state index in [9.17, 15) is 9.59 Å². The highest BCUT2D eigenvalue weighted by Crippen LogP contribution is 2.06. The molecule has 0 aromatic heterocycles. The van der Waals surface area contributed by atoms with Crippen LogP contribution in [0.1, 0.15) is 20.7 Å². The summed E-state index contributed by atoms with van der Waals surface area (Å²) >= 11 is 0. The van der Waals surface area contributed by atoms with Gasteiger partial charge in [0, 0.05) is 0 Å². The highest BCUT2D eigenvalue weighted by molar-refractivity contribution is 5.94. The second-order valence-electron chi connectivity index (χ2n) is 2.48. The van der Waals surface area contributed by atoms with Crippen LogP contribution in [0.15, 0.2) is 24.3 Å². The van der Waals surface area contributed by atoms with Gasteiger partial charge in [-0.3, -0.25) is 5.73 Å². The molecule has 0 radical (unpaired) electrons. The first-order valence-corrected chi connectivity index (χ1v) is 3.85. The Kier molecular flexibility index (Phi) is 3.19. The van der Waals surface area contributed by atoms with E-state index < -0.39 is 11.9 Å². The zero-order chi connectivity index (χ0) is 10.6. The third kappa shape index (κ3) is 2.30. The molecule has 0 saturated carbocycles. The summed E-state index contributed by atoms with van der Waals surface area (Å²) < 4.78 is 4.51. The van der Waals surface area contributed by atoms with Gasteiger partial charge in [-0.25, -0.2) is 9.59 Å². The number of aromatic carboxylic acids is 1. The summed E-state index contributed by atoms with van der Waals surface area (Å²) in [5, 5.41) is 8.64. The molecule has 14 heavy (non-hydrogen) atoms. The van der Waals surface area contributed by atoms with Gasteiger partial charge in [0.05, 0.1) is 11.1 Å². The molecule has 0 aliphatic carbocycles. The molecule has 0 atom stereocenters. The van der Waals surface area contributed by atoms with Crippen LogP contribution in [0, 0.1) is 0 Å². The first-order chi connectivity index (χ1) is 6.65. The number of carboxylic acid groups (broad SMARTS) is 1. The highest BCUT2D eigenvalue weighted by atomic mass is 16.5. The van der Waals surface area contributed by atoms with Crippen LogP contribution in [-0.4, -0.2) is 23.8 Å². The summed E-state index contributed by atoms with van der Waals surface area (Å²) in [6.45, 7) is -0.226. The van der Waals surface area contributed by atoms with Crippen molar-refractivity contribution in [2.75, 3.05) is 6.73 Å². The van der Waals surface area contributed by atoms with Crippen LogP contribution in [0.25, 0.3) is 0 Å². The molecular formula is C9H9NO4. The van der Waals surface area contributed by atoms with Gasteiger partial charge < -0.3 is 9.84 Å². The summed E-state index contributed by atoms with van der Waals surface area (Å²) in [5.41, 5.74) is 5.22. The Labute approximate surface area is 80.1 Å². The van der Waals surface area contributed by atoms with E-state index in [0.717, 1.165) is 0 Å². The molecule has 3 N–H and O–H groups in total.